The predicted molar refractivity (Wildman–Crippen MR) is 79.3 cm³/mol. The van der Waals surface area contributed by atoms with Crippen molar-refractivity contribution in [1.29, 1.82) is 0 Å². The molecule has 0 fully saturated rings. The van der Waals surface area contributed by atoms with Gasteiger partial charge in [0.25, 0.3) is 0 Å². The second kappa shape index (κ2) is 5.40. The maximum atomic E-state index is 9.88. The predicted octanol–water partition coefficient (Wildman–Crippen LogP) is 3.92. The zero-order valence-corrected chi connectivity index (χ0v) is 11.7. The molecule has 2 N–H and O–H groups in total. The molecule has 0 unspecified atom stereocenters. The van der Waals surface area contributed by atoms with Gasteiger partial charge in [0.15, 0.2) is 0 Å². The largest absolute Gasteiger partial charge is 0.507 e. The molecule has 3 heteroatoms. The fourth-order valence-corrected chi connectivity index (χ4v) is 1.99. The smallest absolute Gasteiger partial charge is 0.123 e. The number of hydrogen-bond acceptors (Lipinski definition) is 2. The van der Waals surface area contributed by atoms with Gasteiger partial charge in [-0.05, 0) is 59.3 Å². The standard InChI is InChI=1S/C14H14INO/c1-10-3-2-4-11(14(10)17)9-16-13-7-5-12(15)6-8-13/h2-8,16-17H,9H2,1H3. The van der Waals surface area contributed by atoms with E-state index < -0.39 is 0 Å². The van der Waals surface area contributed by atoms with Crippen molar-refractivity contribution >= 4 is 28.3 Å². The zero-order chi connectivity index (χ0) is 12.3. The van der Waals surface area contributed by atoms with Crippen LogP contribution in [-0.4, -0.2) is 5.11 Å². The van der Waals surface area contributed by atoms with Crippen LogP contribution in [0.2, 0.25) is 0 Å². The lowest BCUT2D eigenvalue weighted by molar-refractivity contribution is 0.465. The van der Waals surface area contributed by atoms with Crippen LogP contribution < -0.4 is 5.32 Å². The molecule has 0 aromatic heterocycles. The zero-order valence-electron chi connectivity index (χ0n) is 9.57. The van der Waals surface area contributed by atoms with E-state index in [0.717, 1.165) is 16.8 Å². The molecule has 2 nitrogen and oxygen atoms in total. The van der Waals surface area contributed by atoms with Crippen molar-refractivity contribution in [3.05, 3.63) is 57.2 Å². The van der Waals surface area contributed by atoms with Crippen LogP contribution >= 0.6 is 22.6 Å². The summed E-state index contributed by atoms with van der Waals surface area (Å²) in [4.78, 5) is 0. The Labute approximate surface area is 115 Å². The molecule has 0 radical (unpaired) electrons. The first-order valence-electron chi connectivity index (χ1n) is 5.44. The number of rotatable bonds is 3. The van der Waals surface area contributed by atoms with Gasteiger partial charge >= 0.3 is 0 Å². The normalized spacial score (nSPS) is 10.2. The Morgan fingerprint density at radius 2 is 1.82 bits per heavy atom. The first-order valence-corrected chi connectivity index (χ1v) is 6.51. The number of anilines is 1. The van der Waals surface area contributed by atoms with E-state index in [1.807, 2.05) is 37.3 Å². The monoisotopic (exact) mass is 339 g/mol. The van der Waals surface area contributed by atoms with Crippen LogP contribution in [0.4, 0.5) is 5.69 Å². The van der Waals surface area contributed by atoms with E-state index >= 15 is 0 Å². The Hall–Kier alpha value is -1.23. The quantitative estimate of drug-likeness (QED) is 0.831. The van der Waals surface area contributed by atoms with E-state index in [4.69, 9.17) is 0 Å². The van der Waals surface area contributed by atoms with Crippen LogP contribution in [0.25, 0.3) is 0 Å². The minimum atomic E-state index is 0.380. The molecule has 0 saturated heterocycles. The summed E-state index contributed by atoms with van der Waals surface area (Å²) < 4.78 is 1.21. The summed E-state index contributed by atoms with van der Waals surface area (Å²) in [5, 5.41) is 13.2. The molecule has 0 saturated carbocycles. The molecule has 0 aliphatic heterocycles. The highest BCUT2D eigenvalue weighted by atomic mass is 127. The summed E-state index contributed by atoms with van der Waals surface area (Å²) in [6.45, 7) is 2.54. The molecule has 88 valence electrons. The Morgan fingerprint density at radius 1 is 1.12 bits per heavy atom. The van der Waals surface area contributed by atoms with Crippen LogP contribution in [0, 0.1) is 10.5 Å². The van der Waals surface area contributed by atoms with E-state index in [1.54, 1.807) is 0 Å². The summed E-state index contributed by atoms with van der Waals surface area (Å²) in [6.07, 6.45) is 0. The minimum Gasteiger partial charge on any atom is -0.507 e. The van der Waals surface area contributed by atoms with E-state index in [9.17, 15) is 5.11 Å². The summed E-state index contributed by atoms with van der Waals surface area (Å²) in [5.41, 5.74) is 2.89. The SMILES string of the molecule is Cc1cccc(CNc2ccc(I)cc2)c1O. The minimum absolute atomic E-state index is 0.380. The average Bonchev–Trinajstić information content (AvgIpc) is 2.33. The number of halogens is 1. The van der Waals surface area contributed by atoms with Gasteiger partial charge in [0.05, 0.1) is 0 Å². The highest BCUT2D eigenvalue weighted by molar-refractivity contribution is 14.1. The molecule has 17 heavy (non-hydrogen) atoms. The summed E-state index contributed by atoms with van der Waals surface area (Å²) in [7, 11) is 0. The number of para-hydroxylation sites is 1. The molecule has 2 rings (SSSR count). The van der Waals surface area contributed by atoms with Crippen molar-refractivity contribution in [2.75, 3.05) is 5.32 Å². The van der Waals surface area contributed by atoms with Crippen molar-refractivity contribution in [2.24, 2.45) is 0 Å². The lowest BCUT2D eigenvalue weighted by Crippen LogP contribution is -2.00. The van der Waals surface area contributed by atoms with Crippen LogP contribution in [-0.2, 0) is 6.54 Å². The van der Waals surface area contributed by atoms with Crippen LogP contribution in [0.3, 0.4) is 0 Å². The third-order valence-electron chi connectivity index (χ3n) is 2.65. The van der Waals surface area contributed by atoms with Crippen molar-refractivity contribution in [3.8, 4) is 5.75 Å². The molecule has 0 atom stereocenters. The van der Waals surface area contributed by atoms with E-state index in [-0.39, 0.29) is 0 Å². The highest BCUT2D eigenvalue weighted by Gasteiger charge is 2.02. The number of benzene rings is 2. The third-order valence-corrected chi connectivity index (χ3v) is 3.37. The average molecular weight is 339 g/mol. The second-order valence-electron chi connectivity index (χ2n) is 3.94. The summed E-state index contributed by atoms with van der Waals surface area (Å²) in [6, 6.07) is 14.0. The molecule has 0 heterocycles. The molecule has 0 spiro atoms. The van der Waals surface area contributed by atoms with Crippen LogP contribution in [0.1, 0.15) is 11.1 Å². The van der Waals surface area contributed by atoms with Gasteiger partial charge in [-0.3, -0.25) is 0 Å². The van der Waals surface area contributed by atoms with Crippen molar-refractivity contribution < 1.29 is 5.11 Å². The van der Waals surface area contributed by atoms with Crippen LogP contribution in [0.15, 0.2) is 42.5 Å². The van der Waals surface area contributed by atoms with E-state index in [1.165, 1.54) is 3.57 Å². The maximum absolute atomic E-state index is 9.88. The number of phenolic OH excluding ortho intramolecular Hbond substituents is 1. The number of aryl methyl sites for hydroxylation is 1. The molecule has 2 aromatic rings. The lowest BCUT2D eigenvalue weighted by atomic mass is 10.1. The Balaban J connectivity index is 2.07. The fraction of sp³-hybridized carbons (Fsp3) is 0.143. The van der Waals surface area contributed by atoms with Crippen molar-refractivity contribution in [2.45, 2.75) is 13.5 Å². The van der Waals surface area contributed by atoms with Gasteiger partial charge in [0.1, 0.15) is 5.75 Å². The number of nitrogens with one attached hydrogen (secondary N) is 1. The molecule has 0 aliphatic carbocycles. The van der Waals surface area contributed by atoms with Gasteiger partial charge in [-0.1, -0.05) is 18.2 Å². The Bertz CT molecular complexity index is 508. The number of hydrogen-bond donors (Lipinski definition) is 2. The summed E-state index contributed by atoms with van der Waals surface area (Å²) >= 11 is 2.28. The van der Waals surface area contributed by atoms with Gasteiger partial charge in [-0.15, -0.1) is 0 Å². The van der Waals surface area contributed by atoms with Gasteiger partial charge in [-0.25, -0.2) is 0 Å². The molecular formula is C14H14INO. The van der Waals surface area contributed by atoms with Gasteiger partial charge in [0.2, 0.25) is 0 Å². The summed E-state index contributed by atoms with van der Waals surface area (Å²) in [5.74, 6) is 0.380. The molecule has 0 aliphatic rings. The molecular weight excluding hydrogens is 325 g/mol. The Morgan fingerprint density at radius 3 is 2.53 bits per heavy atom. The van der Waals surface area contributed by atoms with E-state index in [0.29, 0.717) is 12.3 Å². The fourth-order valence-electron chi connectivity index (χ4n) is 1.63. The van der Waals surface area contributed by atoms with Gasteiger partial charge in [-0.2, -0.15) is 0 Å². The highest BCUT2D eigenvalue weighted by Crippen LogP contribution is 2.22. The first kappa shape index (κ1) is 12.2. The van der Waals surface area contributed by atoms with Gasteiger partial charge < -0.3 is 10.4 Å². The third kappa shape index (κ3) is 3.12. The Kier molecular flexibility index (Phi) is 3.89. The molecule has 0 bridgehead atoms. The number of phenols is 1. The van der Waals surface area contributed by atoms with Crippen molar-refractivity contribution in [1.82, 2.24) is 0 Å². The topological polar surface area (TPSA) is 32.3 Å². The van der Waals surface area contributed by atoms with Crippen LogP contribution in [0.5, 0.6) is 5.75 Å². The second-order valence-corrected chi connectivity index (χ2v) is 5.19. The van der Waals surface area contributed by atoms with E-state index in [2.05, 4.69) is 40.0 Å². The van der Waals surface area contributed by atoms with Crippen molar-refractivity contribution in [3.63, 3.8) is 0 Å². The lowest BCUT2D eigenvalue weighted by Gasteiger charge is -2.09. The van der Waals surface area contributed by atoms with Gasteiger partial charge in [0, 0.05) is 21.4 Å². The number of aromatic hydroxyl groups is 1. The maximum Gasteiger partial charge on any atom is 0.123 e. The first-order chi connectivity index (χ1) is 8.16. The molecule has 0 amide bonds. The molecule has 2 aromatic carbocycles.